The fourth-order valence-electron chi connectivity index (χ4n) is 2.93. The van der Waals surface area contributed by atoms with E-state index in [4.69, 9.17) is 16.6 Å². The highest BCUT2D eigenvalue weighted by Crippen LogP contribution is 2.47. The molecule has 0 bridgehead atoms. The van der Waals surface area contributed by atoms with E-state index in [1.165, 1.54) is 12.5 Å². The molecule has 1 amide bonds. The number of hydrogen-bond acceptors (Lipinski definition) is 4. The van der Waals surface area contributed by atoms with Crippen LogP contribution in [0.3, 0.4) is 0 Å². The number of carbonyl (C=O) groups excluding carboxylic acids is 1. The first kappa shape index (κ1) is 15.4. The highest BCUT2D eigenvalue weighted by Gasteiger charge is 2.36. The van der Waals surface area contributed by atoms with Gasteiger partial charge < -0.3 is 9.73 Å². The molecule has 2 aromatic rings. The van der Waals surface area contributed by atoms with Crippen molar-refractivity contribution < 1.29 is 9.21 Å². The van der Waals surface area contributed by atoms with E-state index in [0.717, 1.165) is 24.4 Å². The smallest absolute Gasteiger partial charge is 0.244 e. The lowest BCUT2D eigenvalue weighted by atomic mass is 10.3. The second-order valence-corrected chi connectivity index (χ2v) is 7.04. The summed E-state index contributed by atoms with van der Waals surface area (Å²) in [7, 11) is 0. The molecule has 2 fully saturated rings. The van der Waals surface area contributed by atoms with Crippen LogP contribution >= 0.6 is 12.2 Å². The first-order chi connectivity index (χ1) is 11.6. The highest BCUT2D eigenvalue weighted by molar-refractivity contribution is 7.71. The van der Waals surface area contributed by atoms with Gasteiger partial charge in [0.2, 0.25) is 5.91 Å². The molecular weight excluding hydrogens is 324 g/mol. The summed E-state index contributed by atoms with van der Waals surface area (Å²) in [6.07, 6.45) is 6.61. The van der Waals surface area contributed by atoms with Gasteiger partial charge in [0.25, 0.3) is 0 Å². The number of amides is 1. The minimum atomic E-state index is -0.177. The molecule has 2 atom stereocenters. The van der Waals surface area contributed by atoms with Crippen molar-refractivity contribution in [2.24, 2.45) is 5.92 Å². The average molecular weight is 344 g/mol. The fraction of sp³-hybridized carbons (Fsp3) is 0.471. The van der Waals surface area contributed by atoms with Gasteiger partial charge in [-0.3, -0.25) is 14.5 Å². The van der Waals surface area contributed by atoms with Crippen LogP contribution in [0.4, 0.5) is 0 Å². The van der Waals surface area contributed by atoms with Gasteiger partial charge in [0.1, 0.15) is 11.5 Å². The predicted octanol–water partition coefficient (Wildman–Crippen LogP) is 3.32. The van der Waals surface area contributed by atoms with Crippen LogP contribution in [0, 0.1) is 10.7 Å². The lowest BCUT2D eigenvalue weighted by Gasteiger charge is -2.04. The molecule has 2 aliphatic carbocycles. The van der Waals surface area contributed by atoms with Gasteiger partial charge in [-0.2, -0.15) is 5.10 Å². The van der Waals surface area contributed by atoms with Crippen LogP contribution in [0.25, 0.3) is 6.08 Å². The van der Waals surface area contributed by atoms with Crippen molar-refractivity contribution >= 4 is 24.2 Å². The number of nitrogens with zero attached hydrogens (tertiary/aromatic N) is 2. The first-order valence-corrected chi connectivity index (χ1v) is 8.74. The summed E-state index contributed by atoms with van der Waals surface area (Å²) in [6, 6.07) is 4.34. The molecule has 2 aliphatic rings. The van der Waals surface area contributed by atoms with Crippen LogP contribution in [-0.4, -0.2) is 20.7 Å². The largest absolute Gasteiger partial charge is 0.461 e. The van der Waals surface area contributed by atoms with Crippen molar-refractivity contribution in [2.75, 3.05) is 0 Å². The molecule has 2 N–H and O–H groups in total. The van der Waals surface area contributed by atoms with Gasteiger partial charge in [-0.1, -0.05) is 6.92 Å². The Balaban J connectivity index is 1.33. The van der Waals surface area contributed by atoms with E-state index in [2.05, 4.69) is 22.4 Å². The third-order valence-electron chi connectivity index (χ3n) is 4.63. The van der Waals surface area contributed by atoms with E-state index < -0.39 is 0 Å². The molecule has 4 rings (SSSR count). The van der Waals surface area contributed by atoms with E-state index in [9.17, 15) is 4.79 Å². The monoisotopic (exact) mass is 344 g/mol. The Labute approximate surface area is 144 Å². The van der Waals surface area contributed by atoms with E-state index in [-0.39, 0.29) is 5.91 Å². The van der Waals surface area contributed by atoms with Crippen molar-refractivity contribution in [3.63, 3.8) is 0 Å². The summed E-state index contributed by atoms with van der Waals surface area (Å²) < 4.78 is 8.37. The predicted molar refractivity (Wildman–Crippen MR) is 91.8 cm³/mol. The maximum absolute atomic E-state index is 12.0. The van der Waals surface area contributed by atoms with Crippen LogP contribution in [0.5, 0.6) is 0 Å². The number of carbonyl (C=O) groups is 1. The van der Waals surface area contributed by atoms with Gasteiger partial charge in [0, 0.05) is 18.0 Å². The molecule has 0 aliphatic heterocycles. The maximum atomic E-state index is 12.0. The summed E-state index contributed by atoms with van der Waals surface area (Å²) in [4.78, 5) is 12.0. The minimum Gasteiger partial charge on any atom is -0.461 e. The van der Waals surface area contributed by atoms with Gasteiger partial charge >= 0.3 is 0 Å². The zero-order valence-electron chi connectivity index (χ0n) is 13.5. The van der Waals surface area contributed by atoms with E-state index in [0.29, 0.717) is 35.0 Å². The van der Waals surface area contributed by atoms with E-state index in [1.807, 2.05) is 16.7 Å². The minimum absolute atomic E-state index is 0.177. The lowest BCUT2D eigenvalue weighted by molar-refractivity contribution is -0.116. The summed E-state index contributed by atoms with van der Waals surface area (Å²) >= 11 is 5.23. The van der Waals surface area contributed by atoms with Gasteiger partial charge in [-0.25, -0.2) is 0 Å². The Hall–Kier alpha value is -2.15. The van der Waals surface area contributed by atoms with Crippen LogP contribution in [0.15, 0.2) is 22.6 Å². The second kappa shape index (κ2) is 6.05. The summed E-state index contributed by atoms with van der Waals surface area (Å²) in [5.41, 5.74) is 0. The molecule has 2 aromatic heterocycles. The molecule has 2 heterocycles. The molecule has 7 heteroatoms. The molecule has 2 unspecified atom stereocenters. The van der Waals surface area contributed by atoms with Crippen LogP contribution in [0.2, 0.25) is 0 Å². The Morgan fingerprint density at radius 3 is 3.04 bits per heavy atom. The van der Waals surface area contributed by atoms with E-state index >= 15 is 0 Å². The number of furan rings is 1. The average Bonchev–Trinajstić information content (AvgIpc) is 3.45. The molecule has 2 saturated carbocycles. The normalized spacial score (nSPS) is 22.9. The van der Waals surface area contributed by atoms with Crippen molar-refractivity contribution in [3.05, 3.63) is 40.3 Å². The Kier molecular flexibility index (Phi) is 3.88. The zero-order valence-corrected chi connectivity index (χ0v) is 14.3. The molecule has 24 heavy (non-hydrogen) atoms. The maximum Gasteiger partial charge on any atom is 0.244 e. The molecule has 0 saturated heterocycles. The zero-order chi connectivity index (χ0) is 16.7. The third kappa shape index (κ3) is 3.21. The van der Waals surface area contributed by atoms with Gasteiger partial charge in [-0.05, 0) is 55.6 Å². The summed E-state index contributed by atoms with van der Waals surface area (Å²) in [6.45, 7) is 2.57. The lowest BCUT2D eigenvalue weighted by Crippen LogP contribution is -2.22. The number of H-pyrrole nitrogens is 1. The van der Waals surface area contributed by atoms with Gasteiger partial charge in [-0.15, -0.1) is 0 Å². The first-order valence-electron chi connectivity index (χ1n) is 8.33. The highest BCUT2D eigenvalue weighted by atomic mass is 32.1. The molecule has 126 valence electrons. The fourth-order valence-corrected chi connectivity index (χ4v) is 3.23. The molecule has 0 radical (unpaired) electrons. The van der Waals surface area contributed by atoms with Crippen molar-refractivity contribution in [3.8, 4) is 0 Å². The molecular formula is C17H20N4O2S. The standard InChI is InChI=1S/C17H20N4O2S/c1-10-8-13(10)14-6-4-12(23-14)5-7-16(22)18-9-15-19-20-17(24)21(15)11-2-3-11/h4-7,10-11,13H,2-3,8-9H2,1H3,(H,18,22)(H,20,24)/b7-5+. The van der Waals surface area contributed by atoms with Crippen molar-refractivity contribution in [2.45, 2.75) is 44.7 Å². The summed E-state index contributed by atoms with van der Waals surface area (Å²) in [5, 5.41) is 9.82. The Morgan fingerprint density at radius 1 is 1.54 bits per heavy atom. The van der Waals surface area contributed by atoms with Crippen LogP contribution in [0.1, 0.15) is 55.5 Å². The molecule has 6 nitrogen and oxygen atoms in total. The number of rotatable bonds is 6. The number of aromatic nitrogens is 3. The quantitative estimate of drug-likeness (QED) is 0.622. The third-order valence-corrected chi connectivity index (χ3v) is 4.92. The SMILES string of the molecule is CC1CC1c1ccc(/C=C/C(=O)NCc2n[nH]c(=S)n2C2CC2)o1. The Morgan fingerprint density at radius 2 is 2.33 bits per heavy atom. The van der Waals surface area contributed by atoms with E-state index in [1.54, 1.807) is 6.08 Å². The van der Waals surface area contributed by atoms with Gasteiger partial charge in [0.15, 0.2) is 10.6 Å². The van der Waals surface area contributed by atoms with Crippen LogP contribution in [-0.2, 0) is 11.3 Å². The van der Waals surface area contributed by atoms with Crippen LogP contribution < -0.4 is 5.32 Å². The second-order valence-electron chi connectivity index (χ2n) is 6.66. The number of hydrogen-bond donors (Lipinski definition) is 2. The topological polar surface area (TPSA) is 75.8 Å². The number of aromatic amines is 1. The van der Waals surface area contributed by atoms with Crippen molar-refractivity contribution in [1.29, 1.82) is 0 Å². The Bertz CT molecular complexity index is 843. The molecule has 0 spiro atoms. The van der Waals surface area contributed by atoms with Crippen molar-refractivity contribution in [1.82, 2.24) is 20.1 Å². The summed E-state index contributed by atoms with van der Waals surface area (Å²) in [5.74, 6) is 3.57. The number of nitrogens with one attached hydrogen (secondary N) is 2. The molecule has 0 aromatic carbocycles. The van der Waals surface area contributed by atoms with Gasteiger partial charge in [0.05, 0.1) is 6.54 Å².